The van der Waals surface area contributed by atoms with Crippen molar-refractivity contribution in [1.82, 2.24) is 19.7 Å². The largest absolute Gasteiger partial charge is 0.457 e. The quantitative estimate of drug-likeness (QED) is 0.280. The number of benzene rings is 2. The Morgan fingerprint density at radius 2 is 1.57 bits per heavy atom. The third-order valence-corrected chi connectivity index (χ3v) is 6.05. The maximum atomic E-state index is 12.9. The number of ether oxygens (including phenoxy) is 2. The minimum absolute atomic E-state index is 0.102. The van der Waals surface area contributed by atoms with Crippen LogP contribution in [-0.4, -0.2) is 58.9 Å². The van der Waals surface area contributed by atoms with E-state index >= 15 is 0 Å². The average Bonchev–Trinajstić information content (AvgIpc) is 3.37. The molecule has 0 aliphatic heterocycles. The molecule has 4 rings (SSSR count). The number of likely N-dealkylation sites (N-methyl/N-ethyl adjacent to an activating group) is 1. The van der Waals surface area contributed by atoms with Crippen molar-refractivity contribution in [3.8, 4) is 17.2 Å². The zero-order valence-corrected chi connectivity index (χ0v) is 23.3. The number of methoxy groups -OCH3 is 1. The number of amides is 3. The minimum atomic E-state index is -0.420. The number of nitrogens with zero attached hydrogens (tertiary/aromatic N) is 4. The van der Waals surface area contributed by atoms with Gasteiger partial charge in [0.25, 0.3) is 5.91 Å². The highest BCUT2D eigenvalue weighted by molar-refractivity contribution is 5.99. The topological polar surface area (TPSA) is 111 Å². The number of rotatable bonds is 9. The van der Waals surface area contributed by atoms with E-state index in [0.717, 1.165) is 5.69 Å². The van der Waals surface area contributed by atoms with Crippen LogP contribution >= 0.6 is 0 Å². The van der Waals surface area contributed by atoms with E-state index < -0.39 is 6.03 Å². The molecule has 3 amide bonds. The summed E-state index contributed by atoms with van der Waals surface area (Å²) < 4.78 is 12.5. The van der Waals surface area contributed by atoms with Crippen molar-refractivity contribution in [3.05, 3.63) is 90.4 Å². The first-order valence-corrected chi connectivity index (χ1v) is 12.9. The zero-order chi connectivity index (χ0) is 28.7. The maximum Gasteiger partial charge on any atom is 0.324 e. The van der Waals surface area contributed by atoms with E-state index in [1.54, 1.807) is 96.8 Å². The van der Waals surface area contributed by atoms with Crippen molar-refractivity contribution in [2.45, 2.75) is 26.2 Å². The van der Waals surface area contributed by atoms with Crippen molar-refractivity contribution in [1.29, 1.82) is 0 Å². The molecule has 0 atom stereocenters. The summed E-state index contributed by atoms with van der Waals surface area (Å²) in [5.41, 5.74) is 2.42. The molecular formula is C30H34N6O4. The minimum Gasteiger partial charge on any atom is -0.457 e. The Kier molecular flexibility index (Phi) is 8.80. The Hall–Kier alpha value is -4.70. The molecule has 0 aliphatic rings. The number of nitrogens with one attached hydrogen (secondary N) is 2. The van der Waals surface area contributed by atoms with Gasteiger partial charge in [0.2, 0.25) is 0 Å². The van der Waals surface area contributed by atoms with Gasteiger partial charge in [0.05, 0.1) is 18.0 Å². The van der Waals surface area contributed by atoms with E-state index in [2.05, 4.69) is 36.4 Å². The van der Waals surface area contributed by atoms with Crippen molar-refractivity contribution in [2.24, 2.45) is 0 Å². The number of carbonyl (C=O) groups is 2. The van der Waals surface area contributed by atoms with Crippen LogP contribution in [0.25, 0.3) is 5.69 Å². The van der Waals surface area contributed by atoms with Crippen molar-refractivity contribution in [2.75, 3.05) is 37.9 Å². The lowest BCUT2D eigenvalue weighted by Gasteiger charge is -2.17. The smallest absolute Gasteiger partial charge is 0.324 e. The second kappa shape index (κ2) is 12.4. The standard InChI is InChI=1S/C30H34N6O4/c1-30(2,3)26-20-27(36(34-26)23-10-6-21(7-11-23)28(37)35(4)18-19-39-5)33-29(38)32-22-8-12-24(13-9-22)40-25-14-16-31-17-15-25/h6-17,20H,18-19H2,1-5H3,(H2,32,33,38). The van der Waals surface area contributed by atoms with E-state index in [0.29, 0.717) is 47.4 Å². The number of hydrogen-bond acceptors (Lipinski definition) is 6. The highest BCUT2D eigenvalue weighted by atomic mass is 16.5. The van der Waals surface area contributed by atoms with E-state index in [-0.39, 0.29) is 11.3 Å². The molecule has 0 saturated heterocycles. The monoisotopic (exact) mass is 542 g/mol. The van der Waals surface area contributed by atoms with Gasteiger partial charge in [-0.15, -0.1) is 0 Å². The first-order chi connectivity index (χ1) is 19.1. The Morgan fingerprint density at radius 1 is 0.925 bits per heavy atom. The highest BCUT2D eigenvalue weighted by Gasteiger charge is 2.22. The number of carbonyl (C=O) groups excluding carboxylic acids is 2. The lowest BCUT2D eigenvalue weighted by molar-refractivity contribution is 0.0744. The lowest BCUT2D eigenvalue weighted by Crippen LogP contribution is -2.29. The number of anilines is 2. The van der Waals surface area contributed by atoms with Gasteiger partial charge in [0, 0.05) is 55.8 Å². The fourth-order valence-corrected chi connectivity index (χ4v) is 3.76. The van der Waals surface area contributed by atoms with Gasteiger partial charge in [-0.05, 0) is 60.7 Å². The van der Waals surface area contributed by atoms with Crippen molar-refractivity contribution >= 4 is 23.4 Å². The third kappa shape index (κ3) is 7.23. The van der Waals surface area contributed by atoms with E-state index in [9.17, 15) is 9.59 Å². The molecule has 40 heavy (non-hydrogen) atoms. The van der Waals surface area contributed by atoms with Crippen LogP contribution in [0.4, 0.5) is 16.3 Å². The Balaban J connectivity index is 1.48. The van der Waals surface area contributed by atoms with Gasteiger partial charge in [0.1, 0.15) is 17.3 Å². The molecular weight excluding hydrogens is 508 g/mol. The summed E-state index contributed by atoms with van der Waals surface area (Å²) in [5, 5.41) is 10.5. The number of aromatic nitrogens is 3. The molecule has 2 N–H and O–H groups in total. The van der Waals surface area contributed by atoms with Crippen molar-refractivity contribution in [3.63, 3.8) is 0 Å². The van der Waals surface area contributed by atoms with Crippen LogP contribution in [0.2, 0.25) is 0 Å². The van der Waals surface area contributed by atoms with Gasteiger partial charge in [-0.1, -0.05) is 20.8 Å². The summed E-state index contributed by atoms with van der Waals surface area (Å²) in [7, 11) is 3.34. The van der Waals surface area contributed by atoms with Gasteiger partial charge in [-0.2, -0.15) is 5.10 Å². The SMILES string of the molecule is COCCN(C)C(=O)c1ccc(-n2nc(C(C)(C)C)cc2NC(=O)Nc2ccc(Oc3ccncc3)cc2)cc1. The molecule has 0 aliphatic carbocycles. The second-order valence-corrected chi connectivity index (χ2v) is 10.2. The normalized spacial score (nSPS) is 11.1. The predicted octanol–water partition coefficient (Wildman–Crippen LogP) is 5.72. The van der Waals surface area contributed by atoms with E-state index in [1.807, 2.05) is 6.07 Å². The van der Waals surface area contributed by atoms with Gasteiger partial charge in [0.15, 0.2) is 0 Å². The average molecular weight is 543 g/mol. The molecule has 0 saturated carbocycles. The van der Waals surface area contributed by atoms with Gasteiger partial charge in [-0.3, -0.25) is 15.1 Å². The second-order valence-electron chi connectivity index (χ2n) is 10.2. The molecule has 0 fully saturated rings. The van der Waals surface area contributed by atoms with Crippen LogP contribution in [0.3, 0.4) is 0 Å². The predicted molar refractivity (Wildman–Crippen MR) is 154 cm³/mol. The molecule has 0 bridgehead atoms. The molecule has 208 valence electrons. The first-order valence-electron chi connectivity index (χ1n) is 12.9. The summed E-state index contributed by atoms with van der Waals surface area (Å²) in [5.74, 6) is 1.70. The summed E-state index contributed by atoms with van der Waals surface area (Å²) in [4.78, 5) is 31.2. The van der Waals surface area contributed by atoms with E-state index in [4.69, 9.17) is 14.6 Å². The van der Waals surface area contributed by atoms with Crippen molar-refractivity contribution < 1.29 is 19.1 Å². The van der Waals surface area contributed by atoms with Gasteiger partial charge < -0.3 is 19.7 Å². The fourth-order valence-electron chi connectivity index (χ4n) is 3.76. The molecule has 0 unspecified atom stereocenters. The number of urea groups is 1. The molecule has 0 spiro atoms. The summed E-state index contributed by atoms with van der Waals surface area (Å²) in [6.07, 6.45) is 3.31. The Morgan fingerprint density at radius 3 is 2.20 bits per heavy atom. The van der Waals surface area contributed by atoms with E-state index in [1.165, 1.54) is 0 Å². The molecule has 4 aromatic rings. The number of pyridine rings is 1. The van der Waals surface area contributed by atoms with Crippen LogP contribution in [0.5, 0.6) is 11.5 Å². The fraction of sp³-hybridized carbons (Fsp3) is 0.267. The molecule has 0 radical (unpaired) electrons. The maximum absolute atomic E-state index is 12.9. The Labute approximate surface area is 233 Å². The zero-order valence-electron chi connectivity index (χ0n) is 23.3. The number of hydrogen-bond donors (Lipinski definition) is 2. The lowest BCUT2D eigenvalue weighted by atomic mass is 9.92. The van der Waals surface area contributed by atoms with Gasteiger partial charge in [-0.25, -0.2) is 9.48 Å². The van der Waals surface area contributed by atoms with Crippen LogP contribution in [0.15, 0.2) is 79.1 Å². The summed E-state index contributed by atoms with van der Waals surface area (Å²) in [6, 6.07) is 19.1. The third-order valence-electron chi connectivity index (χ3n) is 6.05. The Bertz CT molecular complexity index is 1430. The molecule has 2 aromatic heterocycles. The molecule has 10 heteroatoms. The van der Waals surface area contributed by atoms with Crippen LogP contribution < -0.4 is 15.4 Å². The first kappa shape index (κ1) is 28.3. The molecule has 10 nitrogen and oxygen atoms in total. The molecule has 2 heterocycles. The van der Waals surface area contributed by atoms with Crippen LogP contribution in [-0.2, 0) is 10.2 Å². The summed E-state index contributed by atoms with van der Waals surface area (Å²) >= 11 is 0. The van der Waals surface area contributed by atoms with Crippen LogP contribution in [0.1, 0.15) is 36.8 Å². The molecule has 2 aromatic carbocycles. The van der Waals surface area contributed by atoms with Gasteiger partial charge >= 0.3 is 6.03 Å². The summed E-state index contributed by atoms with van der Waals surface area (Å²) in [6.45, 7) is 7.11. The highest BCUT2D eigenvalue weighted by Crippen LogP contribution is 2.27. The van der Waals surface area contributed by atoms with Crippen LogP contribution in [0, 0.1) is 0 Å².